The topological polar surface area (TPSA) is 86.5 Å². The molecule has 4 aliphatic rings. The zero-order chi connectivity index (χ0) is 19.8. The Morgan fingerprint density at radius 1 is 0.964 bits per heavy atom. The Morgan fingerprint density at radius 2 is 1.79 bits per heavy atom. The van der Waals surface area contributed by atoms with E-state index >= 15 is 0 Å². The van der Waals surface area contributed by atoms with Gasteiger partial charge in [0.15, 0.2) is 0 Å². The molecule has 0 spiro atoms. The largest absolute Gasteiger partial charge is 0.393 e. The molecule has 0 aromatic carbocycles. The quantitative estimate of drug-likeness (QED) is 0.690. The van der Waals surface area contributed by atoms with Gasteiger partial charge in [-0.25, -0.2) is 9.97 Å². The molecule has 5 rings (SSSR count). The van der Waals surface area contributed by atoms with E-state index < -0.39 is 16.6 Å². The van der Waals surface area contributed by atoms with Crippen LogP contribution in [0.1, 0.15) is 77.3 Å². The van der Waals surface area contributed by atoms with E-state index in [9.17, 15) is 15.3 Å². The van der Waals surface area contributed by atoms with Crippen molar-refractivity contribution in [2.75, 3.05) is 0 Å². The maximum atomic E-state index is 12.2. The lowest BCUT2D eigenvalue weighted by molar-refractivity contribution is -0.239. The minimum Gasteiger partial charge on any atom is -0.393 e. The third-order valence-electron chi connectivity index (χ3n) is 9.98. The van der Waals surface area contributed by atoms with E-state index in [0.29, 0.717) is 30.4 Å². The van der Waals surface area contributed by atoms with Gasteiger partial charge < -0.3 is 15.3 Å². The Bertz CT molecular complexity index is 759. The second kappa shape index (κ2) is 5.99. The summed E-state index contributed by atoms with van der Waals surface area (Å²) in [7, 11) is 0. The average molecular weight is 387 g/mol. The van der Waals surface area contributed by atoms with Crippen molar-refractivity contribution in [3.63, 3.8) is 0 Å². The second-order valence-electron chi connectivity index (χ2n) is 10.7. The van der Waals surface area contributed by atoms with Crippen molar-refractivity contribution in [2.24, 2.45) is 28.6 Å². The Kier molecular flexibility index (Phi) is 4.06. The summed E-state index contributed by atoms with van der Waals surface area (Å²) in [6.07, 6.45) is 11.0. The summed E-state index contributed by atoms with van der Waals surface area (Å²) in [6, 6.07) is 1.81. The molecule has 3 N–H and O–H groups in total. The molecule has 1 heterocycles. The van der Waals surface area contributed by atoms with E-state index in [1.54, 1.807) is 6.20 Å². The van der Waals surface area contributed by atoms with Crippen LogP contribution < -0.4 is 0 Å². The van der Waals surface area contributed by atoms with E-state index in [1.165, 1.54) is 6.33 Å². The molecule has 8 atom stereocenters. The van der Waals surface area contributed by atoms with Crippen LogP contribution in [0.3, 0.4) is 0 Å². The SMILES string of the molecule is C[C@]12CCC(O)CC1CC[C@@H]1[C@H]2CC[C@]2(C)C(O)(c3ccncn3)CC[C@@]12O. The van der Waals surface area contributed by atoms with Gasteiger partial charge in [-0.05, 0) is 87.0 Å². The molecule has 5 heteroatoms. The van der Waals surface area contributed by atoms with Gasteiger partial charge in [-0.1, -0.05) is 13.8 Å². The third kappa shape index (κ3) is 2.19. The summed E-state index contributed by atoms with van der Waals surface area (Å²) in [5, 5.41) is 34.2. The molecule has 5 nitrogen and oxygen atoms in total. The summed E-state index contributed by atoms with van der Waals surface area (Å²) in [6.45, 7) is 4.51. The van der Waals surface area contributed by atoms with Crippen LogP contribution in [-0.2, 0) is 5.60 Å². The van der Waals surface area contributed by atoms with E-state index in [-0.39, 0.29) is 17.4 Å². The fraction of sp³-hybridized carbons (Fsp3) is 0.826. The molecule has 4 aliphatic carbocycles. The van der Waals surface area contributed by atoms with E-state index in [0.717, 1.165) is 44.9 Å². The summed E-state index contributed by atoms with van der Waals surface area (Å²) in [5.74, 6) is 1.26. The van der Waals surface area contributed by atoms with E-state index in [2.05, 4.69) is 23.8 Å². The smallest absolute Gasteiger partial charge is 0.115 e. The highest BCUT2D eigenvalue weighted by atomic mass is 16.3. The summed E-state index contributed by atoms with van der Waals surface area (Å²) in [5.41, 5.74) is -1.70. The molecule has 4 saturated carbocycles. The summed E-state index contributed by atoms with van der Waals surface area (Å²) >= 11 is 0. The highest BCUT2D eigenvalue weighted by Crippen LogP contribution is 2.71. The average Bonchev–Trinajstić information content (AvgIpc) is 2.91. The van der Waals surface area contributed by atoms with Crippen molar-refractivity contribution in [2.45, 2.75) is 88.9 Å². The lowest BCUT2D eigenvalue weighted by atomic mass is 9.43. The number of nitrogens with zero attached hydrogens (tertiary/aromatic N) is 2. The predicted octanol–water partition coefficient (Wildman–Crippen LogP) is 3.18. The molecule has 3 unspecified atom stereocenters. The van der Waals surface area contributed by atoms with Gasteiger partial charge in [0.1, 0.15) is 11.9 Å². The molecular formula is C23H34N2O3. The summed E-state index contributed by atoms with van der Waals surface area (Å²) < 4.78 is 0. The van der Waals surface area contributed by atoms with Crippen LogP contribution in [-0.4, -0.2) is 37.0 Å². The number of aliphatic hydroxyl groups is 3. The van der Waals surface area contributed by atoms with Crippen LogP contribution in [0.25, 0.3) is 0 Å². The number of hydrogen-bond donors (Lipinski definition) is 3. The number of aromatic nitrogens is 2. The van der Waals surface area contributed by atoms with E-state index in [1.807, 2.05) is 6.07 Å². The zero-order valence-electron chi connectivity index (χ0n) is 17.1. The first-order valence-electron chi connectivity index (χ1n) is 11.1. The first-order valence-corrected chi connectivity index (χ1v) is 11.1. The molecule has 0 amide bonds. The molecule has 28 heavy (non-hydrogen) atoms. The normalized spacial score (nSPS) is 53.2. The maximum absolute atomic E-state index is 12.2. The Morgan fingerprint density at radius 3 is 2.54 bits per heavy atom. The van der Waals surface area contributed by atoms with Crippen LogP contribution in [0.4, 0.5) is 0 Å². The van der Waals surface area contributed by atoms with E-state index in [4.69, 9.17) is 0 Å². The number of aliphatic hydroxyl groups excluding tert-OH is 1. The van der Waals surface area contributed by atoms with Gasteiger partial charge in [0.05, 0.1) is 17.4 Å². The Hall–Kier alpha value is -1.04. The van der Waals surface area contributed by atoms with Gasteiger partial charge in [-0.2, -0.15) is 0 Å². The number of fused-ring (bicyclic) bond motifs is 5. The van der Waals surface area contributed by atoms with Crippen LogP contribution in [0.2, 0.25) is 0 Å². The molecule has 1 aromatic heterocycles. The van der Waals surface area contributed by atoms with Crippen molar-refractivity contribution < 1.29 is 15.3 Å². The maximum Gasteiger partial charge on any atom is 0.115 e. The lowest BCUT2D eigenvalue weighted by Gasteiger charge is -2.64. The van der Waals surface area contributed by atoms with Gasteiger partial charge in [0.2, 0.25) is 0 Å². The monoisotopic (exact) mass is 386 g/mol. The van der Waals surface area contributed by atoms with Crippen molar-refractivity contribution in [1.82, 2.24) is 9.97 Å². The standard InChI is InChI=1S/C23H34N2O3/c1-20-8-5-16(26)13-15(20)3-4-18-17(20)6-9-21(2)22(18,27)10-11-23(21,28)19-7-12-24-14-25-19/h7,12,14-18,26-28H,3-6,8-11,13H2,1-2H3/t15?,16?,17-,18-,20+,21+,22-,23?/m1/s1. The molecule has 0 saturated heterocycles. The summed E-state index contributed by atoms with van der Waals surface area (Å²) in [4.78, 5) is 8.40. The molecule has 0 bridgehead atoms. The second-order valence-corrected chi connectivity index (χ2v) is 10.7. The number of rotatable bonds is 1. The molecule has 0 aliphatic heterocycles. The van der Waals surface area contributed by atoms with Crippen LogP contribution in [0.5, 0.6) is 0 Å². The molecular weight excluding hydrogens is 352 g/mol. The van der Waals surface area contributed by atoms with Gasteiger partial charge in [-0.3, -0.25) is 0 Å². The number of hydrogen-bond acceptors (Lipinski definition) is 5. The van der Waals surface area contributed by atoms with Crippen molar-refractivity contribution in [1.29, 1.82) is 0 Å². The zero-order valence-corrected chi connectivity index (χ0v) is 17.1. The van der Waals surface area contributed by atoms with Crippen molar-refractivity contribution in [3.05, 3.63) is 24.3 Å². The van der Waals surface area contributed by atoms with Crippen molar-refractivity contribution in [3.8, 4) is 0 Å². The minimum absolute atomic E-state index is 0.152. The predicted molar refractivity (Wildman–Crippen MR) is 105 cm³/mol. The molecule has 4 fully saturated rings. The lowest BCUT2D eigenvalue weighted by Crippen LogP contribution is -2.64. The van der Waals surface area contributed by atoms with Gasteiger partial charge >= 0.3 is 0 Å². The van der Waals surface area contributed by atoms with Gasteiger partial charge in [0, 0.05) is 11.6 Å². The molecule has 1 aromatic rings. The molecule has 0 radical (unpaired) electrons. The fourth-order valence-corrected chi connectivity index (χ4v) is 8.17. The fourth-order valence-electron chi connectivity index (χ4n) is 8.17. The molecule has 154 valence electrons. The first-order chi connectivity index (χ1) is 13.2. The third-order valence-corrected chi connectivity index (χ3v) is 9.98. The Labute approximate surface area is 167 Å². The Balaban J connectivity index is 1.52. The van der Waals surface area contributed by atoms with Crippen molar-refractivity contribution >= 4 is 0 Å². The highest BCUT2D eigenvalue weighted by Gasteiger charge is 2.72. The van der Waals surface area contributed by atoms with Crippen LogP contribution in [0, 0.1) is 28.6 Å². The minimum atomic E-state index is -1.10. The first kappa shape index (κ1) is 19.0. The van der Waals surface area contributed by atoms with Crippen LogP contribution >= 0.6 is 0 Å². The highest BCUT2D eigenvalue weighted by molar-refractivity contribution is 5.27. The van der Waals surface area contributed by atoms with Crippen LogP contribution in [0.15, 0.2) is 18.6 Å². The van der Waals surface area contributed by atoms with Gasteiger partial charge in [0.25, 0.3) is 0 Å². The van der Waals surface area contributed by atoms with Gasteiger partial charge in [-0.15, -0.1) is 0 Å².